The minimum Gasteiger partial charge on any atom is -0.493 e. The van der Waals surface area contributed by atoms with Crippen LogP contribution in [0, 0.1) is 13.8 Å². The first-order valence-electron chi connectivity index (χ1n) is 13.7. The predicted octanol–water partition coefficient (Wildman–Crippen LogP) is 6.91. The van der Waals surface area contributed by atoms with Gasteiger partial charge in [-0.3, -0.25) is 4.79 Å². The fourth-order valence-corrected chi connectivity index (χ4v) is 5.07. The Morgan fingerprint density at radius 3 is 2.21 bits per heavy atom. The van der Waals surface area contributed by atoms with Gasteiger partial charge in [-0.15, -0.1) is 0 Å². The van der Waals surface area contributed by atoms with Crippen LogP contribution in [0.2, 0.25) is 0 Å². The zero-order valence-corrected chi connectivity index (χ0v) is 23.0. The molecule has 5 nitrogen and oxygen atoms in total. The second kappa shape index (κ2) is 12.1. The highest BCUT2D eigenvalue weighted by atomic mass is 16.5. The van der Waals surface area contributed by atoms with E-state index in [0.29, 0.717) is 31.9 Å². The molecule has 0 saturated carbocycles. The number of carbonyl (C=O) groups is 1. The zero-order chi connectivity index (χ0) is 27.2. The molecule has 1 amide bonds. The lowest BCUT2D eigenvalue weighted by molar-refractivity contribution is 0.0746. The second-order valence-corrected chi connectivity index (χ2v) is 9.93. The van der Waals surface area contributed by atoms with Crippen molar-refractivity contribution in [2.45, 2.75) is 27.4 Å². The van der Waals surface area contributed by atoms with Gasteiger partial charge in [-0.05, 0) is 79.4 Å². The Hall–Kier alpha value is -4.25. The van der Waals surface area contributed by atoms with Crippen molar-refractivity contribution in [2.24, 2.45) is 0 Å². The molecule has 39 heavy (non-hydrogen) atoms. The molecule has 0 spiro atoms. The molecular weight excluding hydrogens is 484 g/mol. The van der Waals surface area contributed by atoms with Crippen LogP contribution in [0.15, 0.2) is 91.0 Å². The van der Waals surface area contributed by atoms with E-state index in [1.54, 1.807) is 0 Å². The number of carbonyl (C=O) groups excluding carboxylic acids is 1. The van der Waals surface area contributed by atoms with Crippen molar-refractivity contribution in [3.05, 3.63) is 113 Å². The average molecular weight is 521 g/mol. The number of hydrogen-bond acceptors (Lipinski definition) is 4. The van der Waals surface area contributed by atoms with E-state index in [-0.39, 0.29) is 5.91 Å². The third kappa shape index (κ3) is 6.09. The van der Waals surface area contributed by atoms with Crippen molar-refractivity contribution < 1.29 is 14.3 Å². The van der Waals surface area contributed by atoms with Crippen molar-refractivity contribution in [3.63, 3.8) is 0 Å². The van der Waals surface area contributed by atoms with Gasteiger partial charge in [-0.25, -0.2) is 0 Å². The normalized spacial score (nSPS) is 13.3. The number of hydrogen-bond donors (Lipinski definition) is 0. The maximum atomic E-state index is 13.5. The van der Waals surface area contributed by atoms with Crippen molar-refractivity contribution in [2.75, 3.05) is 37.7 Å². The van der Waals surface area contributed by atoms with Crippen LogP contribution in [0.1, 0.15) is 34.0 Å². The highest BCUT2D eigenvalue weighted by molar-refractivity contribution is 5.94. The van der Waals surface area contributed by atoms with Gasteiger partial charge < -0.3 is 19.3 Å². The Balaban J connectivity index is 1.25. The molecule has 5 rings (SSSR count). The molecule has 1 fully saturated rings. The van der Waals surface area contributed by atoms with Gasteiger partial charge in [0.15, 0.2) is 0 Å². The maximum absolute atomic E-state index is 13.5. The van der Waals surface area contributed by atoms with Crippen LogP contribution in [0.25, 0.3) is 11.1 Å². The molecular formula is C34H36N2O3. The molecule has 0 N–H and O–H groups in total. The lowest BCUT2D eigenvalue weighted by Gasteiger charge is -2.37. The number of nitrogens with zero attached hydrogens (tertiary/aromatic N) is 2. The molecule has 1 aliphatic heterocycles. The summed E-state index contributed by atoms with van der Waals surface area (Å²) in [5.41, 5.74) is 7.71. The molecule has 0 radical (unpaired) electrons. The number of ether oxygens (including phenoxy) is 2. The van der Waals surface area contributed by atoms with Gasteiger partial charge in [0.2, 0.25) is 0 Å². The van der Waals surface area contributed by atoms with Gasteiger partial charge in [-0.2, -0.15) is 0 Å². The third-order valence-corrected chi connectivity index (χ3v) is 7.45. The molecule has 0 bridgehead atoms. The molecule has 0 aliphatic carbocycles. The van der Waals surface area contributed by atoms with Crippen LogP contribution in [0.5, 0.6) is 11.5 Å². The van der Waals surface area contributed by atoms with Gasteiger partial charge in [0.25, 0.3) is 5.91 Å². The summed E-state index contributed by atoms with van der Waals surface area (Å²) in [4.78, 5) is 17.8. The van der Waals surface area contributed by atoms with E-state index < -0.39 is 0 Å². The van der Waals surface area contributed by atoms with Gasteiger partial charge >= 0.3 is 0 Å². The Labute approximate surface area is 231 Å². The van der Waals surface area contributed by atoms with Crippen LogP contribution in [0.4, 0.5) is 5.69 Å². The number of anilines is 1. The predicted molar refractivity (Wildman–Crippen MR) is 158 cm³/mol. The summed E-state index contributed by atoms with van der Waals surface area (Å²) < 4.78 is 12.0. The molecule has 1 aliphatic rings. The van der Waals surface area contributed by atoms with Crippen molar-refractivity contribution in [1.82, 2.24) is 4.90 Å². The second-order valence-electron chi connectivity index (χ2n) is 9.93. The molecule has 5 heteroatoms. The average Bonchev–Trinajstić information content (AvgIpc) is 2.99. The first-order chi connectivity index (χ1) is 19.0. The molecule has 1 saturated heterocycles. The summed E-state index contributed by atoms with van der Waals surface area (Å²) in [5.74, 6) is 1.57. The largest absolute Gasteiger partial charge is 0.493 e. The SMILES string of the molecule is CCOc1ccc(C(=O)N2CCN(c3cccc(C)c3C)CC2)cc1COc1ccc(-c2ccccc2)cc1. The topological polar surface area (TPSA) is 42.0 Å². The van der Waals surface area contributed by atoms with E-state index in [0.717, 1.165) is 35.7 Å². The minimum atomic E-state index is 0.0483. The van der Waals surface area contributed by atoms with Gasteiger partial charge in [0, 0.05) is 43.0 Å². The first-order valence-corrected chi connectivity index (χ1v) is 13.7. The third-order valence-electron chi connectivity index (χ3n) is 7.45. The van der Waals surface area contributed by atoms with E-state index in [4.69, 9.17) is 9.47 Å². The highest BCUT2D eigenvalue weighted by Crippen LogP contribution is 2.27. The summed E-state index contributed by atoms with van der Waals surface area (Å²) in [6, 6.07) is 30.5. The molecule has 0 unspecified atom stereocenters. The molecule has 200 valence electrons. The number of amides is 1. The summed E-state index contributed by atoms with van der Waals surface area (Å²) in [5, 5.41) is 0. The van der Waals surface area contributed by atoms with E-state index in [1.807, 2.05) is 60.4 Å². The standard InChI is InChI=1S/C34H36N2O3/c1-4-38-33-18-15-29(34(37)36-21-19-35(20-22-36)32-12-8-9-25(2)26(32)3)23-30(33)24-39-31-16-13-28(14-17-31)27-10-6-5-7-11-27/h5-18,23H,4,19-22,24H2,1-3H3. The minimum absolute atomic E-state index is 0.0483. The van der Waals surface area contributed by atoms with Crippen molar-refractivity contribution >= 4 is 11.6 Å². The molecule has 0 aromatic heterocycles. The van der Waals surface area contributed by atoms with Crippen LogP contribution in [0.3, 0.4) is 0 Å². The number of benzene rings is 4. The fourth-order valence-electron chi connectivity index (χ4n) is 5.07. The Bertz CT molecular complexity index is 1410. The van der Waals surface area contributed by atoms with Crippen molar-refractivity contribution in [1.29, 1.82) is 0 Å². The zero-order valence-electron chi connectivity index (χ0n) is 23.0. The van der Waals surface area contributed by atoms with E-state index >= 15 is 0 Å². The van der Waals surface area contributed by atoms with Crippen molar-refractivity contribution in [3.8, 4) is 22.6 Å². The summed E-state index contributed by atoms with van der Waals surface area (Å²) in [6.45, 7) is 10.2. The Kier molecular flexibility index (Phi) is 8.16. The maximum Gasteiger partial charge on any atom is 0.253 e. The summed E-state index contributed by atoms with van der Waals surface area (Å²) >= 11 is 0. The Morgan fingerprint density at radius 2 is 1.49 bits per heavy atom. The number of rotatable bonds is 8. The van der Waals surface area contributed by atoms with E-state index in [2.05, 4.69) is 61.2 Å². The molecule has 0 atom stereocenters. The van der Waals surface area contributed by atoms with E-state index in [9.17, 15) is 4.79 Å². The summed E-state index contributed by atoms with van der Waals surface area (Å²) in [7, 11) is 0. The highest BCUT2D eigenvalue weighted by Gasteiger charge is 2.24. The Morgan fingerprint density at radius 1 is 0.769 bits per heavy atom. The van der Waals surface area contributed by atoms with Gasteiger partial charge in [0.1, 0.15) is 18.1 Å². The van der Waals surface area contributed by atoms with Crippen LogP contribution < -0.4 is 14.4 Å². The molecule has 1 heterocycles. The van der Waals surface area contributed by atoms with E-state index in [1.165, 1.54) is 22.4 Å². The van der Waals surface area contributed by atoms with Crippen LogP contribution in [-0.4, -0.2) is 43.6 Å². The lowest BCUT2D eigenvalue weighted by atomic mass is 10.1. The summed E-state index contributed by atoms with van der Waals surface area (Å²) in [6.07, 6.45) is 0. The first kappa shape index (κ1) is 26.4. The smallest absolute Gasteiger partial charge is 0.253 e. The fraction of sp³-hybridized carbons (Fsp3) is 0.265. The van der Waals surface area contributed by atoms with Gasteiger partial charge in [-0.1, -0.05) is 54.6 Å². The number of aryl methyl sites for hydroxylation is 1. The van der Waals surface area contributed by atoms with Crippen LogP contribution in [-0.2, 0) is 6.61 Å². The van der Waals surface area contributed by atoms with Gasteiger partial charge in [0.05, 0.1) is 6.61 Å². The molecule has 4 aromatic rings. The molecule has 4 aromatic carbocycles. The lowest BCUT2D eigenvalue weighted by Crippen LogP contribution is -2.49. The van der Waals surface area contributed by atoms with Crippen LogP contribution >= 0.6 is 0 Å². The quantitative estimate of drug-likeness (QED) is 0.253. The monoisotopic (exact) mass is 520 g/mol. The number of piperazine rings is 1.